The molecule has 0 saturated carbocycles. The SMILES string of the molecule is Cc1cccc(CN2C(=O)O[C@@H](c3ccc(NC(=O)CC(C)C)cc3)[C@H]2C(=O)Nc2ccc(F)cc2)c1. The summed E-state index contributed by atoms with van der Waals surface area (Å²) in [7, 11) is 0. The van der Waals surface area contributed by atoms with E-state index in [2.05, 4.69) is 10.6 Å². The van der Waals surface area contributed by atoms with Crippen LogP contribution in [0.25, 0.3) is 0 Å². The molecule has 1 saturated heterocycles. The van der Waals surface area contributed by atoms with Crippen LogP contribution in [0.15, 0.2) is 72.8 Å². The zero-order chi connectivity index (χ0) is 26.5. The first-order valence-corrected chi connectivity index (χ1v) is 12.2. The average Bonchev–Trinajstić information content (AvgIpc) is 3.16. The Kier molecular flexibility index (Phi) is 7.86. The predicted octanol–water partition coefficient (Wildman–Crippen LogP) is 5.82. The van der Waals surface area contributed by atoms with Gasteiger partial charge in [-0.25, -0.2) is 9.18 Å². The molecule has 0 aliphatic carbocycles. The fraction of sp³-hybridized carbons (Fsp3) is 0.276. The van der Waals surface area contributed by atoms with Crippen molar-refractivity contribution in [3.05, 3.63) is 95.3 Å². The summed E-state index contributed by atoms with van der Waals surface area (Å²) in [5, 5.41) is 5.63. The lowest BCUT2D eigenvalue weighted by atomic mass is 10.00. The van der Waals surface area contributed by atoms with Gasteiger partial charge in [0.05, 0.1) is 6.54 Å². The Labute approximate surface area is 215 Å². The van der Waals surface area contributed by atoms with Crippen LogP contribution in [0.4, 0.5) is 20.6 Å². The van der Waals surface area contributed by atoms with Crippen molar-refractivity contribution < 1.29 is 23.5 Å². The molecule has 0 radical (unpaired) electrons. The van der Waals surface area contributed by atoms with Gasteiger partial charge in [0, 0.05) is 17.8 Å². The number of nitrogens with zero attached hydrogens (tertiary/aromatic N) is 1. The van der Waals surface area contributed by atoms with Crippen molar-refractivity contribution >= 4 is 29.3 Å². The Hall–Kier alpha value is -4.20. The largest absolute Gasteiger partial charge is 0.438 e. The van der Waals surface area contributed by atoms with Gasteiger partial charge in [0.15, 0.2) is 12.1 Å². The van der Waals surface area contributed by atoms with Gasteiger partial charge in [-0.15, -0.1) is 0 Å². The minimum atomic E-state index is -0.973. The number of aryl methyl sites for hydroxylation is 1. The maximum atomic E-state index is 13.5. The summed E-state index contributed by atoms with van der Waals surface area (Å²) in [6, 6.07) is 19.0. The van der Waals surface area contributed by atoms with Crippen LogP contribution in [0.2, 0.25) is 0 Å². The highest BCUT2D eigenvalue weighted by Crippen LogP contribution is 2.35. The van der Waals surface area contributed by atoms with Gasteiger partial charge in [-0.05, 0) is 60.4 Å². The molecule has 1 fully saturated rings. The summed E-state index contributed by atoms with van der Waals surface area (Å²) >= 11 is 0. The second-order valence-electron chi connectivity index (χ2n) is 9.63. The molecule has 1 heterocycles. The number of hydrogen-bond acceptors (Lipinski definition) is 4. The van der Waals surface area contributed by atoms with E-state index in [1.165, 1.54) is 29.2 Å². The molecule has 1 aliphatic rings. The second-order valence-corrected chi connectivity index (χ2v) is 9.63. The summed E-state index contributed by atoms with van der Waals surface area (Å²) in [5.74, 6) is -0.728. The van der Waals surface area contributed by atoms with Gasteiger partial charge in [0.1, 0.15) is 5.82 Å². The summed E-state index contributed by atoms with van der Waals surface area (Å²) < 4.78 is 19.1. The molecule has 0 unspecified atom stereocenters. The molecular weight excluding hydrogens is 473 g/mol. The van der Waals surface area contributed by atoms with Gasteiger partial charge in [-0.3, -0.25) is 14.5 Å². The van der Waals surface area contributed by atoms with Crippen LogP contribution < -0.4 is 10.6 Å². The fourth-order valence-corrected chi connectivity index (χ4v) is 4.31. The van der Waals surface area contributed by atoms with Crippen LogP contribution in [0.5, 0.6) is 0 Å². The Bertz CT molecular complexity index is 1280. The standard InChI is InChI=1S/C29H30FN3O4/c1-18(2)15-25(34)31-23-11-7-21(8-12-23)27-26(28(35)32-24-13-9-22(30)10-14-24)33(29(36)37-27)17-20-6-4-5-19(3)16-20/h4-14,16,18,26-27H,15,17H2,1-3H3,(H,31,34)(H,32,35)/t26-,27-/m0/s1. The fourth-order valence-electron chi connectivity index (χ4n) is 4.31. The number of halogens is 1. The van der Waals surface area contributed by atoms with Crippen LogP contribution in [0.3, 0.4) is 0 Å². The van der Waals surface area contributed by atoms with E-state index < -0.39 is 30.0 Å². The highest BCUT2D eigenvalue weighted by molar-refractivity contribution is 5.98. The summed E-state index contributed by atoms with van der Waals surface area (Å²) in [6.07, 6.45) is -1.08. The van der Waals surface area contributed by atoms with Crippen molar-refractivity contribution in [1.29, 1.82) is 0 Å². The molecule has 3 aromatic rings. The van der Waals surface area contributed by atoms with Crippen molar-refractivity contribution in [2.24, 2.45) is 5.92 Å². The third-order valence-electron chi connectivity index (χ3n) is 6.02. The molecule has 3 aromatic carbocycles. The molecule has 192 valence electrons. The van der Waals surface area contributed by atoms with Crippen molar-refractivity contribution in [3.8, 4) is 0 Å². The molecular formula is C29H30FN3O4. The molecule has 4 rings (SSSR count). The lowest BCUT2D eigenvalue weighted by molar-refractivity contribution is -0.121. The Balaban J connectivity index is 1.60. The van der Waals surface area contributed by atoms with E-state index in [9.17, 15) is 18.8 Å². The summed E-state index contributed by atoms with van der Waals surface area (Å²) in [5.41, 5.74) is 3.52. The number of cyclic esters (lactones) is 1. The van der Waals surface area contributed by atoms with Gasteiger partial charge in [-0.2, -0.15) is 0 Å². The molecule has 0 spiro atoms. The lowest BCUT2D eigenvalue weighted by Gasteiger charge is -2.24. The van der Waals surface area contributed by atoms with E-state index >= 15 is 0 Å². The van der Waals surface area contributed by atoms with Crippen LogP contribution in [0, 0.1) is 18.7 Å². The van der Waals surface area contributed by atoms with Crippen molar-refractivity contribution in [3.63, 3.8) is 0 Å². The first-order chi connectivity index (χ1) is 17.7. The Morgan fingerprint density at radius 3 is 2.27 bits per heavy atom. The van der Waals surface area contributed by atoms with Crippen LogP contribution >= 0.6 is 0 Å². The molecule has 8 heteroatoms. The van der Waals surface area contributed by atoms with E-state index in [4.69, 9.17) is 4.74 Å². The second kappa shape index (κ2) is 11.2. The maximum Gasteiger partial charge on any atom is 0.411 e. The number of amides is 3. The highest BCUT2D eigenvalue weighted by Gasteiger charge is 2.47. The minimum Gasteiger partial charge on any atom is -0.438 e. The van der Waals surface area contributed by atoms with Crippen LogP contribution in [-0.2, 0) is 20.9 Å². The van der Waals surface area contributed by atoms with Crippen molar-refractivity contribution in [2.75, 3.05) is 10.6 Å². The molecule has 7 nitrogen and oxygen atoms in total. The molecule has 1 aliphatic heterocycles. The molecule has 2 N–H and O–H groups in total. The van der Waals surface area contributed by atoms with Crippen LogP contribution in [0.1, 0.15) is 43.1 Å². The summed E-state index contributed by atoms with van der Waals surface area (Å²) in [6.45, 7) is 6.07. The van der Waals surface area contributed by atoms with Gasteiger partial charge in [0.25, 0.3) is 5.91 Å². The van der Waals surface area contributed by atoms with E-state index in [0.29, 0.717) is 23.4 Å². The zero-order valence-electron chi connectivity index (χ0n) is 21.0. The third-order valence-corrected chi connectivity index (χ3v) is 6.02. The smallest absolute Gasteiger partial charge is 0.411 e. The molecule has 37 heavy (non-hydrogen) atoms. The first kappa shape index (κ1) is 25.9. The number of nitrogens with one attached hydrogen (secondary N) is 2. The number of carbonyl (C=O) groups excluding carboxylic acids is 3. The quantitative estimate of drug-likeness (QED) is 0.406. The number of ether oxygens (including phenoxy) is 1. The third kappa shape index (κ3) is 6.52. The first-order valence-electron chi connectivity index (χ1n) is 12.2. The monoisotopic (exact) mass is 503 g/mol. The predicted molar refractivity (Wildman–Crippen MR) is 139 cm³/mol. The molecule has 2 atom stereocenters. The lowest BCUT2D eigenvalue weighted by Crippen LogP contribution is -2.43. The van der Waals surface area contributed by atoms with Gasteiger partial charge in [0.2, 0.25) is 5.91 Å². The Morgan fingerprint density at radius 1 is 0.973 bits per heavy atom. The zero-order valence-corrected chi connectivity index (χ0v) is 21.0. The van der Waals surface area contributed by atoms with Gasteiger partial charge in [-0.1, -0.05) is 55.8 Å². The number of hydrogen-bond donors (Lipinski definition) is 2. The summed E-state index contributed by atoms with van der Waals surface area (Å²) in [4.78, 5) is 40.0. The number of benzene rings is 3. The molecule has 0 aromatic heterocycles. The number of carbonyl (C=O) groups is 3. The van der Waals surface area contributed by atoms with Crippen molar-refractivity contribution in [2.45, 2.75) is 45.9 Å². The van der Waals surface area contributed by atoms with E-state index in [1.807, 2.05) is 45.0 Å². The topological polar surface area (TPSA) is 87.7 Å². The van der Waals surface area contributed by atoms with E-state index in [0.717, 1.165) is 11.1 Å². The highest BCUT2D eigenvalue weighted by atomic mass is 19.1. The van der Waals surface area contributed by atoms with Crippen LogP contribution in [-0.4, -0.2) is 28.8 Å². The minimum absolute atomic E-state index is 0.0871. The normalized spacial score (nSPS) is 17.0. The average molecular weight is 504 g/mol. The van der Waals surface area contributed by atoms with E-state index in [-0.39, 0.29) is 18.4 Å². The molecule has 3 amide bonds. The Morgan fingerprint density at radius 2 is 1.62 bits per heavy atom. The molecule has 0 bridgehead atoms. The van der Waals surface area contributed by atoms with Gasteiger partial charge >= 0.3 is 6.09 Å². The maximum absolute atomic E-state index is 13.5. The van der Waals surface area contributed by atoms with Crippen molar-refractivity contribution in [1.82, 2.24) is 4.90 Å². The van der Waals surface area contributed by atoms with Gasteiger partial charge < -0.3 is 15.4 Å². The number of rotatable bonds is 8. The number of anilines is 2. The van der Waals surface area contributed by atoms with E-state index in [1.54, 1.807) is 24.3 Å².